The molecular formula is C18H15N3OS. The normalized spacial score (nSPS) is 13.3. The van der Waals surface area contributed by atoms with E-state index in [1.807, 2.05) is 30.3 Å². The Balaban J connectivity index is 1.91. The average molecular weight is 321 g/mol. The first kappa shape index (κ1) is 15.3. The van der Waals surface area contributed by atoms with E-state index in [-0.39, 0.29) is 6.61 Å². The molecule has 1 heterocycles. The Morgan fingerprint density at radius 3 is 2.87 bits per heavy atom. The monoisotopic (exact) mass is 321 g/mol. The molecule has 0 amide bonds. The predicted molar refractivity (Wildman–Crippen MR) is 90.5 cm³/mol. The van der Waals surface area contributed by atoms with Gasteiger partial charge in [0.15, 0.2) is 6.61 Å². The molecule has 0 radical (unpaired) electrons. The van der Waals surface area contributed by atoms with Gasteiger partial charge in [-0.25, -0.2) is 4.99 Å². The fourth-order valence-corrected chi connectivity index (χ4v) is 3.90. The molecule has 0 N–H and O–H groups in total. The summed E-state index contributed by atoms with van der Waals surface area (Å²) in [6.07, 6.45) is 6.07. The van der Waals surface area contributed by atoms with E-state index in [9.17, 15) is 5.26 Å². The molecule has 0 bridgehead atoms. The molecule has 0 fully saturated rings. The van der Waals surface area contributed by atoms with Crippen molar-refractivity contribution in [1.82, 2.24) is 0 Å². The van der Waals surface area contributed by atoms with Gasteiger partial charge in [-0.05, 0) is 43.4 Å². The molecule has 1 aliphatic carbocycles. The van der Waals surface area contributed by atoms with Crippen LogP contribution in [0.3, 0.4) is 0 Å². The average Bonchev–Trinajstić information content (AvgIpc) is 2.96. The first-order valence-electron chi connectivity index (χ1n) is 7.51. The van der Waals surface area contributed by atoms with Crippen molar-refractivity contribution in [3.05, 3.63) is 45.8 Å². The number of benzene rings is 1. The van der Waals surface area contributed by atoms with Crippen molar-refractivity contribution in [2.45, 2.75) is 25.7 Å². The van der Waals surface area contributed by atoms with Gasteiger partial charge in [-0.15, -0.1) is 11.3 Å². The van der Waals surface area contributed by atoms with E-state index in [0.717, 1.165) is 35.4 Å². The van der Waals surface area contributed by atoms with Crippen LogP contribution in [-0.4, -0.2) is 12.8 Å². The van der Waals surface area contributed by atoms with Gasteiger partial charge in [0.05, 0.1) is 5.56 Å². The van der Waals surface area contributed by atoms with E-state index in [0.29, 0.717) is 5.75 Å². The second-order valence-corrected chi connectivity index (χ2v) is 6.33. The highest BCUT2D eigenvalue weighted by molar-refractivity contribution is 7.16. The Morgan fingerprint density at radius 2 is 2.04 bits per heavy atom. The minimum atomic E-state index is 0.00158. The highest BCUT2D eigenvalue weighted by atomic mass is 32.1. The van der Waals surface area contributed by atoms with Crippen molar-refractivity contribution in [1.29, 1.82) is 10.5 Å². The number of hydrogen-bond donors (Lipinski definition) is 0. The highest BCUT2D eigenvalue weighted by Gasteiger charge is 2.20. The minimum absolute atomic E-state index is 0.00158. The summed E-state index contributed by atoms with van der Waals surface area (Å²) >= 11 is 1.62. The molecule has 5 heteroatoms. The fourth-order valence-electron chi connectivity index (χ4n) is 2.71. The fraction of sp³-hybridized carbons (Fsp3) is 0.278. The maximum atomic E-state index is 9.45. The van der Waals surface area contributed by atoms with Crippen LogP contribution in [0.25, 0.3) is 0 Å². The summed E-state index contributed by atoms with van der Waals surface area (Å²) in [6.45, 7) is 0.00158. The van der Waals surface area contributed by atoms with Gasteiger partial charge in [-0.1, -0.05) is 12.1 Å². The summed E-state index contributed by atoms with van der Waals surface area (Å²) in [7, 11) is 0. The van der Waals surface area contributed by atoms with Gasteiger partial charge in [-0.3, -0.25) is 0 Å². The molecule has 0 unspecified atom stereocenters. The molecular weight excluding hydrogens is 306 g/mol. The number of para-hydroxylation sites is 1. The predicted octanol–water partition coefficient (Wildman–Crippen LogP) is 4.15. The number of aliphatic imine (C=N–C) groups is 1. The molecule has 114 valence electrons. The van der Waals surface area contributed by atoms with Crippen molar-refractivity contribution < 1.29 is 4.74 Å². The van der Waals surface area contributed by atoms with E-state index >= 15 is 0 Å². The molecule has 0 saturated heterocycles. The minimum Gasteiger partial charge on any atom is -0.478 e. The van der Waals surface area contributed by atoms with Gasteiger partial charge in [-0.2, -0.15) is 10.5 Å². The number of ether oxygens (including phenoxy) is 1. The van der Waals surface area contributed by atoms with Gasteiger partial charge < -0.3 is 4.74 Å². The standard InChI is InChI=1S/C18H15N3OS/c19-9-10-22-16-7-3-1-5-13(16)12-21-18-15(11-20)14-6-2-4-8-17(14)23-18/h1,3,5,7,12H,2,4,6,8,10H2/b21-12+. The van der Waals surface area contributed by atoms with Gasteiger partial charge in [0, 0.05) is 16.7 Å². The smallest absolute Gasteiger partial charge is 0.174 e. The first-order valence-corrected chi connectivity index (χ1v) is 8.32. The zero-order chi connectivity index (χ0) is 16.1. The van der Waals surface area contributed by atoms with Gasteiger partial charge in [0.1, 0.15) is 22.9 Å². The number of nitriles is 2. The Morgan fingerprint density at radius 1 is 1.22 bits per heavy atom. The summed E-state index contributed by atoms with van der Waals surface area (Å²) in [5.74, 6) is 0.623. The Kier molecular flexibility index (Phi) is 4.71. The molecule has 0 aliphatic heterocycles. The van der Waals surface area contributed by atoms with E-state index in [1.165, 1.54) is 16.9 Å². The van der Waals surface area contributed by atoms with Crippen molar-refractivity contribution in [3.63, 3.8) is 0 Å². The number of nitrogens with zero attached hydrogens (tertiary/aromatic N) is 3. The van der Waals surface area contributed by atoms with Gasteiger partial charge >= 0.3 is 0 Å². The van der Waals surface area contributed by atoms with E-state index in [4.69, 9.17) is 10.00 Å². The number of fused-ring (bicyclic) bond motifs is 1. The highest BCUT2D eigenvalue weighted by Crippen LogP contribution is 2.39. The van der Waals surface area contributed by atoms with Crippen molar-refractivity contribution in [3.8, 4) is 17.9 Å². The molecule has 2 aromatic rings. The molecule has 0 spiro atoms. The lowest BCUT2D eigenvalue weighted by Gasteiger charge is -2.09. The number of hydrogen-bond acceptors (Lipinski definition) is 5. The summed E-state index contributed by atoms with van der Waals surface area (Å²) in [4.78, 5) is 5.83. The number of rotatable bonds is 4. The number of aryl methyl sites for hydroxylation is 1. The third-order valence-electron chi connectivity index (χ3n) is 3.80. The molecule has 1 aromatic carbocycles. The van der Waals surface area contributed by atoms with Crippen LogP contribution in [0, 0.1) is 22.7 Å². The Hall–Kier alpha value is -2.63. The van der Waals surface area contributed by atoms with Crippen LogP contribution in [0.5, 0.6) is 5.75 Å². The molecule has 0 atom stereocenters. The number of thiophene rings is 1. The molecule has 23 heavy (non-hydrogen) atoms. The van der Waals surface area contributed by atoms with Gasteiger partial charge in [0.2, 0.25) is 0 Å². The summed E-state index contributed by atoms with van der Waals surface area (Å²) in [5, 5.41) is 18.9. The van der Waals surface area contributed by atoms with Crippen molar-refractivity contribution in [2.24, 2.45) is 4.99 Å². The lowest BCUT2D eigenvalue weighted by molar-refractivity contribution is 0.367. The largest absolute Gasteiger partial charge is 0.478 e. The molecule has 4 nitrogen and oxygen atoms in total. The topological polar surface area (TPSA) is 69.2 Å². The maximum Gasteiger partial charge on any atom is 0.174 e. The second kappa shape index (κ2) is 7.09. The van der Waals surface area contributed by atoms with E-state index in [2.05, 4.69) is 11.1 Å². The third-order valence-corrected chi connectivity index (χ3v) is 5.00. The van der Waals surface area contributed by atoms with Crippen LogP contribution in [0.1, 0.15) is 34.4 Å². The summed E-state index contributed by atoms with van der Waals surface area (Å²) in [6, 6.07) is 11.7. The summed E-state index contributed by atoms with van der Waals surface area (Å²) in [5.41, 5.74) is 2.71. The zero-order valence-electron chi connectivity index (χ0n) is 12.6. The summed E-state index contributed by atoms with van der Waals surface area (Å²) < 4.78 is 5.40. The Bertz CT molecular complexity index is 824. The lowest BCUT2D eigenvalue weighted by Crippen LogP contribution is -1.99. The van der Waals surface area contributed by atoms with Crippen LogP contribution in [0.2, 0.25) is 0 Å². The van der Waals surface area contributed by atoms with Gasteiger partial charge in [0.25, 0.3) is 0 Å². The SMILES string of the molecule is N#CCOc1ccccc1/C=N/c1sc2c(c1C#N)CCCC2. The van der Waals surface area contributed by atoms with Crippen LogP contribution < -0.4 is 4.74 Å². The zero-order valence-corrected chi connectivity index (χ0v) is 13.4. The maximum absolute atomic E-state index is 9.45. The molecule has 0 saturated carbocycles. The first-order chi connectivity index (χ1) is 11.3. The lowest BCUT2D eigenvalue weighted by atomic mass is 9.96. The van der Waals surface area contributed by atoms with Crippen LogP contribution in [0.15, 0.2) is 29.3 Å². The van der Waals surface area contributed by atoms with Crippen molar-refractivity contribution >= 4 is 22.6 Å². The second-order valence-electron chi connectivity index (χ2n) is 5.25. The quantitative estimate of drug-likeness (QED) is 0.794. The van der Waals surface area contributed by atoms with Crippen LogP contribution >= 0.6 is 11.3 Å². The molecule has 3 rings (SSSR count). The molecule has 1 aromatic heterocycles. The molecule has 1 aliphatic rings. The van der Waals surface area contributed by atoms with Crippen LogP contribution in [-0.2, 0) is 12.8 Å². The third kappa shape index (κ3) is 3.26. The van der Waals surface area contributed by atoms with Crippen molar-refractivity contribution in [2.75, 3.05) is 6.61 Å². The van der Waals surface area contributed by atoms with E-state index in [1.54, 1.807) is 17.6 Å². The van der Waals surface area contributed by atoms with Crippen LogP contribution in [0.4, 0.5) is 5.00 Å². The Labute approximate surface area is 139 Å². The van der Waals surface area contributed by atoms with E-state index < -0.39 is 0 Å².